The largest absolute Gasteiger partial charge is 0.310 e. The van der Waals surface area contributed by atoms with Gasteiger partial charge in [0.25, 0.3) is 0 Å². The highest BCUT2D eigenvalue weighted by Gasteiger charge is 2.46. The Kier molecular flexibility index (Phi) is 9.50. The Hall–Kier alpha value is -8.98. The zero-order valence-corrected chi connectivity index (χ0v) is 40.3. The molecule has 0 spiro atoms. The number of rotatable bonds is 8. The average Bonchev–Trinajstić information content (AvgIpc) is 4.02. The quantitative estimate of drug-likeness (QED) is 0.147. The van der Waals surface area contributed by atoms with Crippen LogP contribution < -0.4 is 4.90 Å². The molecule has 0 aliphatic heterocycles. The van der Waals surface area contributed by atoms with Crippen molar-refractivity contribution in [3.05, 3.63) is 300 Å². The van der Waals surface area contributed by atoms with Crippen molar-refractivity contribution in [3.8, 4) is 50.2 Å². The molecule has 2 heteroatoms. The molecule has 0 N–H and O–H groups in total. The van der Waals surface area contributed by atoms with Crippen LogP contribution in [0.15, 0.2) is 267 Å². The van der Waals surface area contributed by atoms with Crippen LogP contribution in [0.5, 0.6) is 0 Å². The van der Waals surface area contributed by atoms with E-state index in [4.69, 9.17) is 0 Å². The summed E-state index contributed by atoms with van der Waals surface area (Å²) < 4.78 is 2.46. The van der Waals surface area contributed by atoms with Gasteiger partial charge in [-0.1, -0.05) is 208 Å². The molecule has 0 saturated carbocycles. The summed E-state index contributed by atoms with van der Waals surface area (Å²) in [5.74, 6) is 0. The fourth-order valence-corrected chi connectivity index (χ4v) is 12.6. The van der Waals surface area contributed by atoms with Crippen LogP contribution in [0.25, 0.3) is 72.0 Å². The van der Waals surface area contributed by atoms with Gasteiger partial charge in [0.2, 0.25) is 0 Å². The van der Waals surface area contributed by atoms with E-state index in [2.05, 4.69) is 290 Å². The second-order valence-electron chi connectivity index (χ2n) is 20.0. The zero-order chi connectivity index (χ0) is 48.0. The molecule has 340 valence electrons. The van der Waals surface area contributed by atoms with Crippen LogP contribution in [0.3, 0.4) is 0 Å². The first kappa shape index (κ1) is 41.9. The van der Waals surface area contributed by atoms with Gasteiger partial charge in [-0.05, 0) is 151 Å². The molecule has 1 heterocycles. The van der Waals surface area contributed by atoms with Gasteiger partial charge in [0.1, 0.15) is 0 Å². The molecule has 72 heavy (non-hydrogen) atoms. The lowest BCUT2D eigenvalue weighted by molar-refractivity contribution is 0.660. The second-order valence-corrected chi connectivity index (χ2v) is 20.0. The number of anilines is 3. The highest BCUT2D eigenvalue weighted by molar-refractivity contribution is 6.10. The van der Waals surface area contributed by atoms with Crippen molar-refractivity contribution in [1.29, 1.82) is 0 Å². The lowest BCUT2D eigenvalue weighted by atomic mass is 9.68. The zero-order valence-electron chi connectivity index (χ0n) is 40.3. The minimum atomic E-state index is -0.454. The fraction of sp³-hybridized carbons (Fsp3) is 0.0571. The van der Waals surface area contributed by atoms with E-state index in [0.717, 1.165) is 22.6 Å². The van der Waals surface area contributed by atoms with Gasteiger partial charge in [-0.15, -0.1) is 0 Å². The van der Waals surface area contributed by atoms with Crippen LogP contribution in [0, 0.1) is 0 Å². The van der Waals surface area contributed by atoms with Crippen molar-refractivity contribution in [1.82, 2.24) is 4.57 Å². The molecule has 2 aliphatic rings. The number of fused-ring (bicyclic) bond motifs is 9. The molecular weight excluding hydrogens is 869 g/mol. The van der Waals surface area contributed by atoms with E-state index >= 15 is 0 Å². The predicted molar refractivity (Wildman–Crippen MR) is 301 cm³/mol. The minimum absolute atomic E-state index is 0.0772. The molecule has 0 bridgehead atoms. The normalized spacial score (nSPS) is 13.6. The molecule has 12 aromatic rings. The standard InChI is InChI=1S/C70H50N2/c1-69(2)63-33-15-12-30-57(63)59-39-37-56(46-66(59)69)72-67-35-17-14-32-60(67)62-44-50(36-41-68(62)72)48-21-18-20-47(42-48)49-22-19-29-54(43-49)71(53-27-10-5-11-28-53)55-38-40-65-61(45-55)58-31-13-16-34-64(58)70(65,51-23-6-3-7-24-51)52-25-8-4-9-26-52/h3-46H,1-2H3. The second kappa shape index (κ2) is 16.3. The van der Waals surface area contributed by atoms with Crippen molar-refractivity contribution in [2.45, 2.75) is 24.7 Å². The third-order valence-corrected chi connectivity index (χ3v) is 15.8. The molecule has 2 aliphatic carbocycles. The highest BCUT2D eigenvalue weighted by atomic mass is 15.1. The number of para-hydroxylation sites is 2. The molecule has 0 radical (unpaired) electrons. The first-order valence-corrected chi connectivity index (χ1v) is 25.2. The lowest BCUT2D eigenvalue weighted by Crippen LogP contribution is -2.28. The Morgan fingerprint density at radius 1 is 0.306 bits per heavy atom. The minimum Gasteiger partial charge on any atom is -0.310 e. The van der Waals surface area contributed by atoms with Crippen molar-refractivity contribution < 1.29 is 0 Å². The topological polar surface area (TPSA) is 8.17 Å². The number of nitrogens with zero attached hydrogens (tertiary/aromatic N) is 2. The Labute approximate surface area is 421 Å². The molecular formula is C70H50N2. The third kappa shape index (κ3) is 6.28. The first-order valence-electron chi connectivity index (χ1n) is 25.2. The molecule has 0 unspecified atom stereocenters. The van der Waals surface area contributed by atoms with Gasteiger partial charge in [-0.3, -0.25) is 0 Å². The molecule has 2 nitrogen and oxygen atoms in total. The van der Waals surface area contributed by atoms with E-state index < -0.39 is 5.41 Å². The third-order valence-electron chi connectivity index (χ3n) is 15.8. The smallest absolute Gasteiger partial charge is 0.0713 e. The summed E-state index contributed by atoms with van der Waals surface area (Å²) in [6.07, 6.45) is 0. The van der Waals surface area contributed by atoms with E-state index in [9.17, 15) is 0 Å². The SMILES string of the molecule is CC1(C)c2ccccc2-c2ccc(-n3c4ccccc4c4cc(-c5cccc(-c6cccc(N(c7ccccc7)c7ccc8c(c7)-c7ccccc7C8(c7ccccc7)c7ccccc7)c6)c5)ccc43)cc21. The van der Waals surface area contributed by atoms with Crippen molar-refractivity contribution in [2.75, 3.05) is 4.90 Å². The maximum Gasteiger partial charge on any atom is 0.0713 e. The van der Waals surface area contributed by atoms with E-state index in [1.807, 2.05) is 0 Å². The Bertz CT molecular complexity index is 4030. The maximum atomic E-state index is 2.46. The van der Waals surface area contributed by atoms with Crippen LogP contribution in [0.4, 0.5) is 17.1 Å². The summed E-state index contributed by atoms with van der Waals surface area (Å²) in [6, 6.07) is 98.9. The summed E-state index contributed by atoms with van der Waals surface area (Å²) >= 11 is 0. The molecule has 0 fully saturated rings. The van der Waals surface area contributed by atoms with Crippen LogP contribution in [0.1, 0.15) is 47.2 Å². The van der Waals surface area contributed by atoms with Gasteiger partial charge in [-0.2, -0.15) is 0 Å². The molecule has 1 aromatic heterocycles. The van der Waals surface area contributed by atoms with Crippen LogP contribution in [-0.2, 0) is 10.8 Å². The highest BCUT2D eigenvalue weighted by Crippen LogP contribution is 2.57. The van der Waals surface area contributed by atoms with Crippen molar-refractivity contribution >= 4 is 38.9 Å². The molecule has 0 amide bonds. The molecule has 11 aromatic carbocycles. The van der Waals surface area contributed by atoms with Gasteiger partial charge < -0.3 is 9.47 Å². The van der Waals surface area contributed by atoms with Gasteiger partial charge in [-0.25, -0.2) is 0 Å². The molecule has 14 rings (SSSR count). The van der Waals surface area contributed by atoms with E-state index in [0.29, 0.717) is 0 Å². The van der Waals surface area contributed by atoms with Gasteiger partial charge in [0, 0.05) is 38.9 Å². The van der Waals surface area contributed by atoms with Crippen LogP contribution in [-0.4, -0.2) is 4.57 Å². The summed E-state index contributed by atoms with van der Waals surface area (Å²) in [7, 11) is 0. The Balaban J connectivity index is 0.854. The molecule has 0 atom stereocenters. The van der Waals surface area contributed by atoms with Crippen molar-refractivity contribution in [3.63, 3.8) is 0 Å². The predicted octanol–water partition coefficient (Wildman–Crippen LogP) is 18.3. The maximum absolute atomic E-state index is 2.46. The number of benzene rings is 11. The monoisotopic (exact) mass is 918 g/mol. The van der Waals surface area contributed by atoms with Gasteiger partial charge in [0.05, 0.1) is 16.4 Å². The lowest BCUT2D eigenvalue weighted by Gasteiger charge is -2.34. The number of hydrogen-bond acceptors (Lipinski definition) is 1. The summed E-state index contributed by atoms with van der Waals surface area (Å²) in [5, 5.41) is 2.50. The summed E-state index contributed by atoms with van der Waals surface area (Å²) in [5.41, 5.74) is 24.2. The fourth-order valence-electron chi connectivity index (χ4n) is 12.6. The average molecular weight is 919 g/mol. The van der Waals surface area contributed by atoms with E-state index in [1.165, 1.54) is 99.8 Å². The number of aromatic nitrogens is 1. The van der Waals surface area contributed by atoms with Crippen molar-refractivity contribution in [2.24, 2.45) is 0 Å². The van der Waals surface area contributed by atoms with Crippen LogP contribution in [0.2, 0.25) is 0 Å². The molecule has 0 saturated heterocycles. The Morgan fingerprint density at radius 3 is 1.57 bits per heavy atom. The van der Waals surface area contributed by atoms with Gasteiger partial charge in [0.15, 0.2) is 0 Å². The summed E-state index contributed by atoms with van der Waals surface area (Å²) in [6.45, 7) is 4.72. The van der Waals surface area contributed by atoms with E-state index in [1.54, 1.807) is 0 Å². The summed E-state index contributed by atoms with van der Waals surface area (Å²) in [4.78, 5) is 2.41. The van der Waals surface area contributed by atoms with Gasteiger partial charge >= 0.3 is 0 Å². The Morgan fingerprint density at radius 2 is 0.833 bits per heavy atom. The first-order chi connectivity index (χ1) is 35.5. The number of hydrogen-bond donors (Lipinski definition) is 0. The van der Waals surface area contributed by atoms with Crippen LogP contribution >= 0.6 is 0 Å². The van der Waals surface area contributed by atoms with E-state index in [-0.39, 0.29) is 5.41 Å².